The number of alkyl halides is 3. The smallest absolute Gasteiger partial charge is 0.350 e. The zero-order chi connectivity index (χ0) is 21.3. The van der Waals surface area contributed by atoms with Gasteiger partial charge in [0.05, 0.1) is 22.9 Å². The Labute approximate surface area is 163 Å². The zero-order valence-electron chi connectivity index (χ0n) is 15.6. The molecule has 1 aromatic heterocycles. The lowest BCUT2D eigenvalue weighted by Gasteiger charge is -2.22. The molecule has 0 bridgehead atoms. The highest BCUT2D eigenvalue weighted by molar-refractivity contribution is 5.84. The van der Waals surface area contributed by atoms with E-state index in [1.54, 1.807) is 13.8 Å². The summed E-state index contributed by atoms with van der Waals surface area (Å²) >= 11 is 0. The van der Waals surface area contributed by atoms with Crippen LogP contribution >= 0.6 is 0 Å². The maximum absolute atomic E-state index is 13.7. The van der Waals surface area contributed by atoms with Crippen LogP contribution in [0.2, 0.25) is 0 Å². The number of nitrogens with one attached hydrogen (secondary N) is 1. The third-order valence-electron chi connectivity index (χ3n) is 4.54. The van der Waals surface area contributed by atoms with Crippen molar-refractivity contribution in [1.82, 2.24) is 14.9 Å². The number of nitrogens with zero attached hydrogens (tertiary/aromatic N) is 2. The number of aromatic nitrogens is 2. The molecule has 0 aliphatic heterocycles. The molecule has 1 amide bonds. The van der Waals surface area contributed by atoms with Crippen molar-refractivity contribution in [3.05, 3.63) is 65.5 Å². The Morgan fingerprint density at radius 3 is 2.48 bits per heavy atom. The first-order chi connectivity index (χ1) is 13.6. The van der Waals surface area contributed by atoms with E-state index in [-0.39, 0.29) is 23.5 Å². The molecule has 1 unspecified atom stereocenters. The SMILES string of the molecule is CC(C)C(C(=O)NCc1cccc(C(F)(F)F)c1)n1cnc2cc(F)c(F)cc21. The van der Waals surface area contributed by atoms with Crippen molar-refractivity contribution >= 4 is 16.9 Å². The van der Waals surface area contributed by atoms with Gasteiger partial charge in [-0.1, -0.05) is 26.0 Å². The lowest BCUT2D eigenvalue weighted by molar-refractivity contribution is -0.137. The number of hydrogen-bond acceptors (Lipinski definition) is 2. The predicted octanol–water partition coefficient (Wildman–Crippen LogP) is 4.85. The first kappa shape index (κ1) is 20.8. The van der Waals surface area contributed by atoms with Gasteiger partial charge < -0.3 is 9.88 Å². The predicted molar refractivity (Wildman–Crippen MR) is 96.8 cm³/mol. The summed E-state index contributed by atoms with van der Waals surface area (Å²) in [7, 11) is 0. The standard InChI is InChI=1S/C20H18F5N3O/c1-11(2)18(28-10-27-16-7-14(21)15(22)8-17(16)28)19(29)26-9-12-4-3-5-13(6-12)20(23,24)25/h3-8,10-11,18H,9H2,1-2H3,(H,26,29). The van der Waals surface area contributed by atoms with Gasteiger partial charge >= 0.3 is 6.18 Å². The molecular formula is C20H18F5N3O. The Morgan fingerprint density at radius 1 is 1.14 bits per heavy atom. The summed E-state index contributed by atoms with van der Waals surface area (Å²) in [6.07, 6.45) is -3.16. The first-order valence-electron chi connectivity index (χ1n) is 8.83. The number of halogens is 5. The summed E-state index contributed by atoms with van der Waals surface area (Å²) in [5.74, 6) is -2.83. The molecule has 9 heteroatoms. The Balaban J connectivity index is 1.84. The van der Waals surface area contributed by atoms with Gasteiger partial charge in [0, 0.05) is 18.7 Å². The van der Waals surface area contributed by atoms with Gasteiger partial charge in [-0.3, -0.25) is 4.79 Å². The van der Waals surface area contributed by atoms with Crippen LogP contribution < -0.4 is 5.32 Å². The third kappa shape index (κ3) is 4.38. The van der Waals surface area contributed by atoms with Crippen LogP contribution in [0.5, 0.6) is 0 Å². The molecule has 0 aliphatic carbocycles. The average Bonchev–Trinajstić information content (AvgIpc) is 3.02. The molecule has 0 saturated carbocycles. The van der Waals surface area contributed by atoms with Crippen LogP contribution in [0.25, 0.3) is 11.0 Å². The maximum atomic E-state index is 13.7. The number of rotatable bonds is 5. The van der Waals surface area contributed by atoms with Crippen LogP contribution in [-0.2, 0) is 17.5 Å². The summed E-state index contributed by atoms with van der Waals surface area (Å²) in [6.45, 7) is 3.42. The molecule has 0 radical (unpaired) electrons. The van der Waals surface area contributed by atoms with E-state index in [1.807, 2.05) is 0 Å². The zero-order valence-corrected chi connectivity index (χ0v) is 15.6. The normalized spacial score (nSPS) is 13.1. The van der Waals surface area contributed by atoms with Crippen molar-refractivity contribution in [2.24, 2.45) is 5.92 Å². The largest absolute Gasteiger partial charge is 0.416 e. The molecule has 1 atom stereocenters. The van der Waals surface area contributed by atoms with Crippen molar-refractivity contribution in [3.8, 4) is 0 Å². The summed E-state index contributed by atoms with van der Waals surface area (Å²) < 4.78 is 67.0. The van der Waals surface area contributed by atoms with Gasteiger partial charge in [0.25, 0.3) is 0 Å². The van der Waals surface area contributed by atoms with Gasteiger partial charge in [-0.05, 0) is 23.6 Å². The van der Waals surface area contributed by atoms with Gasteiger partial charge in [0.1, 0.15) is 6.04 Å². The number of fused-ring (bicyclic) bond motifs is 1. The van der Waals surface area contributed by atoms with E-state index < -0.39 is 35.3 Å². The second kappa shape index (κ2) is 7.81. The van der Waals surface area contributed by atoms with E-state index in [0.29, 0.717) is 5.56 Å². The molecule has 4 nitrogen and oxygen atoms in total. The quantitative estimate of drug-likeness (QED) is 0.611. The average molecular weight is 411 g/mol. The molecule has 154 valence electrons. The molecular weight excluding hydrogens is 393 g/mol. The number of imidazole rings is 1. The maximum Gasteiger partial charge on any atom is 0.416 e. The van der Waals surface area contributed by atoms with Gasteiger partial charge in [0.2, 0.25) is 5.91 Å². The minimum atomic E-state index is -4.48. The molecule has 0 saturated heterocycles. The number of benzene rings is 2. The Hall–Kier alpha value is -2.97. The molecule has 3 rings (SSSR count). The van der Waals surface area contributed by atoms with Crippen molar-refractivity contribution in [1.29, 1.82) is 0 Å². The van der Waals surface area contributed by atoms with Crippen molar-refractivity contribution in [2.45, 2.75) is 32.6 Å². The first-order valence-corrected chi connectivity index (χ1v) is 8.83. The van der Waals surface area contributed by atoms with Crippen LogP contribution in [0.4, 0.5) is 22.0 Å². The molecule has 0 spiro atoms. The highest BCUT2D eigenvalue weighted by Gasteiger charge is 2.30. The lowest BCUT2D eigenvalue weighted by atomic mass is 10.0. The fourth-order valence-electron chi connectivity index (χ4n) is 3.15. The molecule has 0 aliphatic rings. The van der Waals surface area contributed by atoms with E-state index in [1.165, 1.54) is 23.0 Å². The topological polar surface area (TPSA) is 46.9 Å². The van der Waals surface area contributed by atoms with Crippen LogP contribution in [0, 0.1) is 17.6 Å². The summed E-state index contributed by atoms with van der Waals surface area (Å²) in [5.41, 5.74) is -0.0703. The molecule has 1 N–H and O–H groups in total. The van der Waals surface area contributed by atoms with Gasteiger partial charge in [-0.2, -0.15) is 13.2 Å². The van der Waals surface area contributed by atoms with Crippen molar-refractivity contribution < 1.29 is 26.7 Å². The van der Waals surface area contributed by atoms with E-state index >= 15 is 0 Å². The van der Waals surface area contributed by atoms with Gasteiger partial charge in [0.15, 0.2) is 11.6 Å². The number of amides is 1. The minimum absolute atomic E-state index is 0.110. The monoisotopic (exact) mass is 411 g/mol. The van der Waals surface area contributed by atoms with Gasteiger partial charge in [-0.25, -0.2) is 13.8 Å². The Kier molecular flexibility index (Phi) is 5.59. The second-order valence-corrected chi connectivity index (χ2v) is 7.01. The third-order valence-corrected chi connectivity index (χ3v) is 4.54. The second-order valence-electron chi connectivity index (χ2n) is 7.01. The van der Waals surface area contributed by atoms with Crippen molar-refractivity contribution in [2.75, 3.05) is 0 Å². The Morgan fingerprint density at radius 2 is 1.83 bits per heavy atom. The van der Waals surface area contributed by atoms with Crippen LogP contribution in [0.1, 0.15) is 31.0 Å². The summed E-state index contributed by atoms with van der Waals surface area (Å²) in [6, 6.07) is 5.76. The van der Waals surface area contributed by atoms with Crippen molar-refractivity contribution in [3.63, 3.8) is 0 Å². The highest BCUT2D eigenvalue weighted by atomic mass is 19.4. The van der Waals surface area contributed by atoms with E-state index in [2.05, 4.69) is 10.3 Å². The molecule has 2 aromatic carbocycles. The number of carbonyl (C=O) groups excluding carboxylic acids is 1. The summed E-state index contributed by atoms with van der Waals surface area (Å²) in [5, 5.41) is 2.62. The molecule has 29 heavy (non-hydrogen) atoms. The minimum Gasteiger partial charge on any atom is -0.350 e. The van der Waals surface area contributed by atoms with Crippen LogP contribution in [0.3, 0.4) is 0 Å². The Bertz CT molecular complexity index is 1040. The fourth-order valence-corrected chi connectivity index (χ4v) is 3.15. The summed E-state index contributed by atoms with van der Waals surface area (Å²) in [4.78, 5) is 16.8. The molecule has 3 aromatic rings. The number of hydrogen-bond donors (Lipinski definition) is 1. The number of carbonyl (C=O) groups is 1. The highest BCUT2D eigenvalue weighted by Crippen LogP contribution is 2.30. The van der Waals surface area contributed by atoms with Crippen LogP contribution in [-0.4, -0.2) is 15.5 Å². The van der Waals surface area contributed by atoms with E-state index in [4.69, 9.17) is 0 Å². The lowest BCUT2D eigenvalue weighted by Crippen LogP contribution is -2.35. The molecule has 1 heterocycles. The van der Waals surface area contributed by atoms with E-state index in [9.17, 15) is 26.7 Å². The van der Waals surface area contributed by atoms with Gasteiger partial charge in [-0.15, -0.1) is 0 Å². The fraction of sp³-hybridized carbons (Fsp3) is 0.300. The van der Waals surface area contributed by atoms with E-state index in [0.717, 1.165) is 24.3 Å². The van der Waals surface area contributed by atoms with Crippen LogP contribution in [0.15, 0.2) is 42.7 Å². The molecule has 0 fully saturated rings.